The van der Waals surface area contributed by atoms with Gasteiger partial charge in [0.05, 0.1) is 27.6 Å². The molecule has 4 aromatic rings. The van der Waals surface area contributed by atoms with Gasteiger partial charge in [0.1, 0.15) is 5.75 Å². The first kappa shape index (κ1) is 27.9. The summed E-state index contributed by atoms with van der Waals surface area (Å²) in [6, 6.07) is 13.2. The van der Waals surface area contributed by atoms with Crippen molar-refractivity contribution in [1.82, 2.24) is 19.9 Å². The highest BCUT2D eigenvalue weighted by atomic mass is 32.2. The molecular weight excluding hydrogens is 526 g/mol. The number of nitrogens with one attached hydrogen (secondary N) is 4. The van der Waals surface area contributed by atoms with E-state index in [-0.39, 0.29) is 11.0 Å². The number of benzene rings is 2. The Bertz CT molecular complexity index is 1590. The van der Waals surface area contributed by atoms with Crippen LogP contribution in [0.2, 0.25) is 0 Å². The zero-order valence-corrected chi connectivity index (χ0v) is 24.5. The summed E-state index contributed by atoms with van der Waals surface area (Å²) in [6.07, 6.45) is 3.90. The van der Waals surface area contributed by atoms with Crippen LogP contribution in [0.3, 0.4) is 0 Å². The molecule has 212 valence electrons. The van der Waals surface area contributed by atoms with Gasteiger partial charge in [0, 0.05) is 0 Å². The lowest BCUT2D eigenvalue weighted by Crippen LogP contribution is -2.29. The normalized spacial score (nSPS) is 15.2. The minimum Gasteiger partial charge on any atom is -0.489 e. The van der Waals surface area contributed by atoms with E-state index in [9.17, 15) is 8.42 Å². The number of piperidine rings is 1. The highest BCUT2D eigenvalue weighted by Crippen LogP contribution is 2.36. The van der Waals surface area contributed by atoms with Crippen molar-refractivity contribution in [3.8, 4) is 5.75 Å². The molecule has 2 aromatic heterocycles. The Balaban J connectivity index is 1.49. The third-order valence-electron chi connectivity index (χ3n) is 7.21. The predicted octanol–water partition coefficient (Wildman–Crippen LogP) is 5.04. The van der Waals surface area contributed by atoms with Crippen molar-refractivity contribution in [1.29, 1.82) is 0 Å². The Morgan fingerprint density at radius 1 is 1.02 bits per heavy atom. The van der Waals surface area contributed by atoms with Gasteiger partial charge >= 0.3 is 11.6 Å². The van der Waals surface area contributed by atoms with E-state index in [1.807, 2.05) is 19.9 Å². The van der Waals surface area contributed by atoms with Crippen LogP contribution in [0.5, 0.6) is 5.75 Å². The zero-order valence-electron chi connectivity index (χ0n) is 23.7. The van der Waals surface area contributed by atoms with Crippen LogP contribution in [0.1, 0.15) is 52.0 Å². The van der Waals surface area contributed by atoms with Gasteiger partial charge in [0.15, 0.2) is 22.0 Å². The zero-order chi connectivity index (χ0) is 28.4. The monoisotopic (exact) mass is 564 g/mol. The van der Waals surface area contributed by atoms with Crippen molar-refractivity contribution in [2.75, 3.05) is 30.8 Å². The number of H-pyrrole nitrogens is 2. The average Bonchev–Trinajstić information content (AvgIpc) is 3.39. The van der Waals surface area contributed by atoms with E-state index in [1.54, 1.807) is 44.4 Å². The molecule has 0 spiro atoms. The van der Waals surface area contributed by atoms with Crippen LogP contribution in [0, 0.1) is 0 Å². The fraction of sp³-hybridized carbons (Fsp3) is 0.414. The van der Waals surface area contributed by atoms with Gasteiger partial charge in [-0.3, -0.25) is 4.98 Å². The molecule has 5 rings (SSSR count). The second-order valence-electron chi connectivity index (χ2n) is 10.9. The number of sulfone groups is 1. The van der Waals surface area contributed by atoms with Crippen molar-refractivity contribution in [3.63, 3.8) is 0 Å². The van der Waals surface area contributed by atoms with Gasteiger partial charge in [0.25, 0.3) is 0 Å². The van der Waals surface area contributed by atoms with Gasteiger partial charge in [-0.25, -0.2) is 13.4 Å². The highest BCUT2D eigenvalue weighted by molar-refractivity contribution is 7.92. The standard InChI is InChI=1S/C29H37N7O3S/c1-18(2)39-24-16-21(20-12-14-36(5)15-13-20)10-11-22(24)33-29-34-27-26(30-17-31-27)28(35-29)32-23-8-6-7-9-25(23)40(37,38)19(3)4/h6-11,16-20H,12-15H2,1-5H3,(H3,30,31,32,33,34,35)/p+1. The molecule has 10 nitrogen and oxygen atoms in total. The predicted molar refractivity (Wildman–Crippen MR) is 157 cm³/mol. The van der Waals surface area contributed by atoms with E-state index in [0.717, 1.165) is 37.4 Å². The Hall–Kier alpha value is -3.70. The van der Waals surface area contributed by atoms with Crippen LogP contribution in [-0.2, 0) is 9.84 Å². The van der Waals surface area contributed by atoms with E-state index in [0.29, 0.717) is 34.5 Å². The van der Waals surface area contributed by atoms with E-state index in [4.69, 9.17) is 9.72 Å². The van der Waals surface area contributed by atoms with Crippen LogP contribution < -0.4 is 20.4 Å². The first-order valence-corrected chi connectivity index (χ1v) is 15.3. The van der Waals surface area contributed by atoms with Crippen LogP contribution in [0.15, 0.2) is 53.7 Å². The molecule has 40 heavy (non-hydrogen) atoms. The molecule has 4 N–H and O–H groups in total. The summed E-state index contributed by atoms with van der Waals surface area (Å²) < 4.78 is 32.3. The summed E-state index contributed by atoms with van der Waals surface area (Å²) in [4.78, 5) is 18.2. The number of hydrogen-bond donors (Lipinski definition) is 3. The lowest BCUT2D eigenvalue weighted by molar-refractivity contribution is -0.347. The molecule has 0 atom stereocenters. The number of anilines is 4. The molecule has 0 aliphatic carbocycles. The van der Waals surface area contributed by atoms with Gasteiger partial charge in [-0.15, -0.1) is 0 Å². The second kappa shape index (κ2) is 11.4. The highest BCUT2D eigenvalue weighted by Gasteiger charge is 2.25. The van der Waals surface area contributed by atoms with Crippen LogP contribution in [0.4, 0.5) is 23.1 Å². The number of rotatable bonds is 9. The van der Waals surface area contributed by atoms with Crippen molar-refractivity contribution >= 4 is 44.1 Å². The molecule has 2 aromatic carbocycles. The van der Waals surface area contributed by atoms with Crippen LogP contribution in [-0.4, -0.2) is 59.8 Å². The maximum Gasteiger partial charge on any atom is 0.307 e. The number of para-hydroxylation sites is 1. The molecule has 0 bridgehead atoms. The summed E-state index contributed by atoms with van der Waals surface area (Å²) >= 11 is 0. The molecule has 1 saturated heterocycles. The molecule has 0 radical (unpaired) electrons. The number of nitrogens with zero attached hydrogens (tertiary/aromatic N) is 3. The molecule has 0 saturated carbocycles. The second-order valence-corrected chi connectivity index (χ2v) is 13.4. The van der Waals surface area contributed by atoms with Crippen molar-refractivity contribution in [2.24, 2.45) is 0 Å². The molecular formula is C29H38N7O3S+. The lowest BCUT2D eigenvalue weighted by Gasteiger charge is -2.29. The minimum absolute atomic E-state index is 0.00803. The average molecular weight is 565 g/mol. The smallest absolute Gasteiger partial charge is 0.307 e. The SMILES string of the molecule is CC(C)Oc1cc(C2CCN(C)CC2)ccc1Nc1nc(Nc2ccccc2S(=O)(=O)C(C)C)c2[nH]c[nH+]c2n1. The quantitative estimate of drug-likeness (QED) is 0.258. The molecule has 1 fully saturated rings. The van der Waals surface area contributed by atoms with Crippen molar-refractivity contribution in [2.45, 2.75) is 62.7 Å². The minimum atomic E-state index is -3.52. The Morgan fingerprint density at radius 2 is 1.77 bits per heavy atom. The summed E-state index contributed by atoms with van der Waals surface area (Å²) in [5, 5.41) is 6.01. The van der Waals surface area contributed by atoms with Gasteiger partial charge < -0.3 is 20.3 Å². The fourth-order valence-corrected chi connectivity index (χ4v) is 6.14. The lowest BCUT2D eigenvalue weighted by atomic mass is 9.89. The van der Waals surface area contributed by atoms with Gasteiger partial charge in [-0.2, -0.15) is 4.98 Å². The maximum absolute atomic E-state index is 13.0. The number of hydrogen-bond acceptors (Lipinski definition) is 8. The topological polar surface area (TPSA) is 126 Å². The number of aromatic amines is 2. The number of likely N-dealkylation sites (tertiary alicyclic amines) is 1. The van der Waals surface area contributed by atoms with Crippen molar-refractivity contribution < 1.29 is 18.1 Å². The fourth-order valence-electron chi connectivity index (χ4n) is 4.93. The van der Waals surface area contributed by atoms with E-state index in [2.05, 4.69) is 49.7 Å². The largest absolute Gasteiger partial charge is 0.489 e. The number of ether oxygens (including phenoxy) is 1. The number of fused-ring (bicyclic) bond motifs is 1. The van der Waals surface area contributed by atoms with E-state index < -0.39 is 15.1 Å². The van der Waals surface area contributed by atoms with Crippen LogP contribution in [0.25, 0.3) is 11.2 Å². The van der Waals surface area contributed by atoms with E-state index >= 15 is 0 Å². The Labute approximate surface area is 235 Å². The summed E-state index contributed by atoms with van der Waals surface area (Å²) in [5.74, 6) is 2.03. The molecule has 11 heteroatoms. The summed E-state index contributed by atoms with van der Waals surface area (Å²) in [5.41, 5.74) is 3.67. The van der Waals surface area contributed by atoms with Gasteiger partial charge in [0.2, 0.25) is 5.52 Å². The van der Waals surface area contributed by atoms with Gasteiger partial charge in [-0.05, 0) is 96.4 Å². The molecule has 0 amide bonds. The molecule has 1 aliphatic rings. The summed E-state index contributed by atoms with van der Waals surface area (Å²) in [7, 11) is -1.35. The third kappa shape index (κ3) is 5.90. The first-order chi connectivity index (χ1) is 19.1. The van der Waals surface area contributed by atoms with E-state index in [1.165, 1.54) is 5.56 Å². The molecule has 3 heterocycles. The molecule has 1 aliphatic heterocycles. The van der Waals surface area contributed by atoms with Crippen molar-refractivity contribution in [3.05, 3.63) is 54.4 Å². The van der Waals surface area contributed by atoms with Crippen LogP contribution >= 0.6 is 0 Å². The molecule has 0 unspecified atom stereocenters. The number of aromatic nitrogens is 4. The third-order valence-corrected chi connectivity index (χ3v) is 9.42. The Kier molecular flexibility index (Phi) is 7.95. The van der Waals surface area contributed by atoms with Gasteiger partial charge in [-0.1, -0.05) is 23.2 Å². The first-order valence-electron chi connectivity index (χ1n) is 13.7. The number of imidazole rings is 1. The maximum atomic E-state index is 13.0. The Morgan fingerprint density at radius 3 is 2.50 bits per heavy atom. The summed E-state index contributed by atoms with van der Waals surface area (Å²) in [6.45, 7) is 9.53.